The van der Waals surface area contributed by atoms with E-state index in [1.54, 1.807) is 26.2 Å². The Morgan fingerprint density at radius 2 is 2.30 bits per heavy atom. The molecule has 0 saturated carbocycles. The van der Waals surface area contributed by atoms with Gasteiger partial charge in [0, 0.05) is 24.8 Å². The minimum atomic E-state index is -0.354. The summed E-state index contributed by atoms with van der Waals surface area (Å²) < 4.78 is 5.11. The maximum absolute atomic E-state index is 12.2. The normalized spacial score (nSPS) is 17.2. The second kappa shape index (κ2) is 6.38. The summed E-state index contributed by atoms with van der Waals surface area (Å²) in [5, 5.41) is 5.58. The predicted octanol–water partition coefficient (Wildman–Crippen LogP) is 0.454. The second-order valence-electron chi connectivity index (χ2n) is 4.72. The molecule has 2 rings (SSSR count). The van der Waals surface area contributed by atoms with Crippen LogP contribution in [-0.4, -0.2) is 49.5 Å². The van der Waals surface area contributed by atoms with Crippen LogP contribution in [0.3, 0.4) is 0 Å². The maximum atomic E-state index is 12.2. The van der Waals surface area contributed by atoms with Gasteiger partial charge in [-0.25, -0.2) is 0 Å². The average molecular weight is 277 g/mol. The molecule has 1 heterocycles. The molecule has 0 bridgehead atoms. The molecule has 108 valence electrons. The van der Waals surface area contributed by atoms with Crippen molar-refractivity contribution in [2.45, 2.75) is 13.0 Å². The number of hydrogen-bond acceptors (Lipinski definition) is 4. The largest absolute Gasteiger partial charge is 0.497 e. The molecule has 0 unspecified atom stereocenters. The van der Waals surface area contributed by atoms with Gasteiger partial charge in [-0.05, 0) is 19.1 Å². The van der Waals surface area contributed by atoms with Gasteiger partial charge in [0.1, 0.15) is 5.75 Å². The predicted molar refractivity (Wildman–Crippen MR) is 75.7 cm³/mol. The number of nitrogens with one attached hydrogen (secondary N) is 2. The molecule has 0 aliphatic carbocycles. The lowest BCUT2D eigenvalue weighted by Gasteiger charge is -2.31. The Labute approximate surface area is 118 Å². The Morgan fingerprint density at radius 1 is 1.50 bits per heavy atom. The molecule has 1 aromatic carbocycles. The van der Waals surface area contributed by atoms with Gasteiger partial charge in [0.25, 0.3) is 0 Å². The summed E-state index contributed by atoms with van der Waals surface area (Å²) in [6.45, 7) is 3.31. The zero-order chi connectivity index (χ0) is 14.5. The molecule has 6 heteroatoms. The summed E-state index contributed by atoms with van der Waals surface area (Å²) >= 11 is 0. The summed E-state index contributed by atoms with van der Waals surface area (Å²) in [7, 11) is 1.58. The number of nitrogens with zero attached hydrogens (tertiary/aromatic N) is 1. The van der Waals surface area contributed by atoms with Gasteiger partial charge in [-0.3, -0.25) is 14.5 Å². The Morgan fingerprint density at radius 3 is 3.00 bits per heavy atom. The lowest BCUT2D eigenvalue weighted by atomic mass is 10.2. The quantitative estimate of drug-likeness (QED) is 0.838. The first-order chi connectivity index (χ1) is 9.60. The molecule has 6 nitrogen and oxygen atoms in total. The number of carbonyl (C=O) groups is 2. The Hall–Kier alpha value is -2.08. The van der Waals surface area contributed by atoms with Crippen LogP contribution in [0.4, 0.5) is 5.69 Å². The summed E-state index contributed by atoms with van der Waals surface area (Å²) in [5.41, 5.74) is 0.683. The fourth-order valence-corrected chi connectivity index (χ4v) is 2.10. The molecule has 1 aliphatic rings. The molecular formula is C14H19N3O3. The van der Waals surface area contributed by atoms with E-state index >= 15 is 0 Å². The highest BCUT2D eigenvalue weighted by Gasteiger charge is 2.25. The van der Waals surface area contributed by atoms with E-state index in [2.05, 4.69) is 10.6 Å². The molecule has 1 aliphatic heterocycles. The lowest BCUT2D eigenvalue weighted by molar-refractivity contribution is -0.127. The van der Waals surface area contributed by atoms with E-state index in [9.17, 15) is 9.59 Å². The minimum Gasteiger partial charge on any atom is -0.497 e. The van der Waals surface area contributed by atoms with Crippen LogP contribution >= 0.6 is 0 Å². The Kier molecular flexibility index (Phi) is 4.57. The van der Waals surface area contributed by atoms with Crippen molar-refractivity contribution in [1.29, 1.82) is 0 Å². The molecule has 0 spiro atoms. The van der Waals surface area contributed by atoms with Gasteiger partial charge < -0.3 is 15.4 Å². The van der Waals surface area contributed by atoms with Crippen LogP contribution in [0.15, 0.2) is 24.3 Å². The number of methoxy groups -OCH3 is 1. The number of amides is 2. The van der Waals surface area contributed by atoms with E-state index in [4.69, 9.17) is 4.74 Å². The first kappa shape index (κ1) is 14.3. The van der Waals surface area contributed by atoms with Gasteiger partial charge >= 0.3 is 0 Å². The van der Waals surface area contributed by atoms with Crippen LogP contribution in [0.25, 0.3) is 0 Å². The van der Waals surface area contributed by atoms with Crippen molar-refractivity contribution >= 4 is 17.5 Å². The Balaban J connectivity index is 1.98. The first-order valence-corrected chi connectivity index (χ1v) is 6.56. The van der Waals surface area contributed by atoms with Crippen molar-refractivity contribution < 1.29 is 14.3 Å². The number of hydrogen-bond donors (Lipinski definition) is 2. The fourth-order valence-electron chi connectivity index (χ4n) is 2.10. The van der Waals surface area contributed by atoms with Gasteiger partial charge in [0.05, 0.1) is 19.7 Å². The van der Waals surface area contributed by atoms with E-state index in [1.165, 1.54) is 0 Å². The molecule has 0 radical (unpaired) electrons. The van der Waals surface area contributed by atoms with Crippen molar-refractivity contribution in [3.05, 3.63) is 24.3 Å². The summed E-state index contributed by atoms with van der Waals surface area (Å²) in [4.78, 5) is 25.4. The fraction of sp³-hybridized carbons (Fsp3) is 0.429. The number of carbonyl (C=O) groups excluding carboxylic acids is 2. The molecule has 2 amide bonds. The molecular weight excluding hydrogens is 258 g/mol. The minimum absolute atomic E-state index is 0.0442. The van der Waals surface area contributed by atoms with Crippen molar-refractivity contribution in [3.8, 4) is 5.75 Å². The van der Waals surface area contributed by atoms with Crippen molar-refractivity contribution in [2.75, 3.05) is 32.1 Å². The smallest absolute Gasteiger partial charge is 0.241 e. The van der Waals surface area contributed by atoms with Crippen LogP contribution in [0.1, 0.15) is 6.92 Å². The van der Waals surface area contributed by atoms with Crippen LogP contribution in [0.5, 0.6) is 5.75 Å². The van der Waals surface area contributed by atoms with Gasteiger partial charge in [-0.1, -0.05) is 6.07 Å². The Bertz CT molecular complexity index is 504. The summed E-state index contributed by atoms with van der Waals surface area (Å²) in [6.07, 6.45) is 0. The van der Waals surface area contributed by atoms with Gasteiger partial charge in [-0.2, -0.15) is 0 Å². The number of rotatable bonds is 4. The second-order valence-corrected chi connectivity index (χ2v) is 4.72. The van der Waals surface area contributed by atoms with E-state index in [0.717, 1.165) is 0 Å². The van der Waals surface area contributed by atoms with Crippen LogP contribution in [-0.2, 0) is 9.59 Å². The van der Waals surface area contributed by atoms with E-state index in [1.807, 2.05) is 17.0 Å². The SMILES string of the molecule is COc1cccc(NC(=O)[C@H](C)N2CCNC(=O)C2)c1. The monoisotopic (exact) mass is 277 g/mol. The molecule has 2 N–H and O–H groups in total. The zero-order valence-electron chi connectivity index (χ0n) is 11.7. The third-order valence-electron chi connectivity index (χ3n) is 3.33. The number of anilines is 1. The number of piperazine rings is 1. The molecule has 20 heavy (non-hydrogen) atoms. The van der Waals surface area contributed by atoms with Crippen LogP contribution in [0, 0.1) is 0 Å². The van der Waals surface area contributed by atoms with E-state index < -0.39 is 0 Å². The highest BCUT2D eigenvalue weighted by atomic mass is 16.5. The molecule has 1 aromatic rings. The summed E-state index contributed by atoms with van der Waals surface area (Å²) in [5.74, 6) is 0.512. The topological polar surface area (TPSA) is 70.7 Å². The molecule has 1 fully saturated rings. The highest BCUT2D eigenvalue weighted by Crippen LogP contribution is 2.17. The molecule has 1 atom stereocenters. The molecule has 1 saturated heterocycles. The third-order valence-corrected chi connectivity index (χ3v) is 3.33. The van der Waals surface area contributed by atoms with Gasteiger partial charge in [0.2, 0.25) is 11.8 Å². The van der Waals surface area contributed by atoms with Gasteiger partial charge in [0.15, 0.2) is 0 Å². The maximum Gasteiger partial charge on any atom is 0.241 e. The zero-order valence-corrected chi connectivity index (χ0v) is 11.7. The lowest BCUT2D eigenvalue weighted by Crippen LogP contribution is -2.53. The van der Waals surface area contributed by atoms with E-state index in [-0.39, 0.29) is 24.4 Å². The molecule has 0 aromatic heterocycles. The third kappa shape index (κ3) is 3.48. The van der Waals surface area contributed by atoms with Crippen molar-refractivity contribution in [1.82, 2.24) is 10.2 Å². The summed E-state index contributed by atoms with van der Waals surface area (Å²) in [6, 6.07) is 6.83. The van der Waals surface area contributed by atoms with Crippen LogP contribution in [0.2, 0.25) is 0 Å². The van der Waals surface area contributed by atoms with Crippen molar-refractivity contribution in [3.63, 3.8) is 0 Å². The first-order valence-electron chi connectivity index (χ1n) is 6.56. The highest BCUT2D eigenvalue weighted by molar-refractivity contribution is 5.95. The van der Waals surface area contributed by atoms with Gasteiger partial charge in [-0.15, -0.1) is 0 Å². The van der Waals surface area contributed by atoms with E-state index in [0.29, 0.717) is 24.5 Å². The van der Waals surface area contributed by atoms with Crippen molar-refractivity contribution in [2.24, 2.45) is 0 Å². The standard InChI is InChI=1S/C14H19N3O3/c1-10(17-7-6-15-13(18)9-17)14(19)16-11-4-3-5-12(8-11)20-2/h3-5,8,10H,6-7,9H2,1-2H3,(H,15,18)(H,16,19)/t10-/m0/s1. The average Bonchev–Trinajstić information content (AvgIpc) is 2.46. The number of ether oxygens (including phenoxy) is 1. The van der Waals surface area contributed by atoms with Crippen LogP contribution < -0.4 is 15.4 Å². The number of benzene rings is 1.